The maximum Gasteiger partial charge on any atom is 0.140 e. The van der Waals surface area contributed by atoms with E-state index in [1.54, 1.807) is 19.2 Å². The Labute approximate surface area is 111 Å². The molecule has 0 aliphatic rings. The first-order chi connectivity index (χ1) is 8.52. The third-order valence-corrected chi connectivity index (χ3v) is 3.32. The zero-order chi connectivity index (χ0) is 13.2. The number of pyridine rings is 1. The molecule has 98 valence electrons. The Kier molecular flexibility index (Phi) is 3.90. The van der Waals surface area contributed by atoms with Crippen LogP contribution in [0.2, 0.25) is 5.15 Å². The van der Waals surface area contributed by atoms with Crippen molar-refractivity contribution in [2.75, 3.05) is 6.54 Å². The van der Waals surface area contributed by atoms with E-state index in [4.69, 9.17) is 16.0 Å². The maximum absolute atomic E-state index is 9.86. The molecule has 5 heteroatoms. The van der Waals surface area contributed by atoms with E-state index in [0.717, 1.165) is 16.7 Å². The normalized spacial score (nSPS) is 14.9. The molecule has 0 aromatic carbocycles. The summed E-state index contributed by atoms with van der Waals surface area (Å²) in [5, 5.41) is 14.3. The van der Waals surface area contributed by atoms with Gasteiger partial charge in [0.25, 0.3) is 0 Å². The van der Waals surface area contributed by atoms with Gasteiger partial charge in [0.1, 0.15) is 16.5 Å². The molecule has 1 atom stereocenters. The molecule has 0 spiro atoms. The van der Waals surface area contributed by atoms with E-state index in [9.17, 15) is 5.11 Å². The second-order valence-corrected chi connectivity index (χ2v) is 5.04. The molecule has 0 bridgehead atoms. The van der Waals surface area contributed by atoms with Crippen molar-refractivity contribution in [3.63, 3.8) is 0 Å². The lowest BCUT2D eigenvalue weighted by Crippen LogP contribution is -2.36. The molecule has 2 rings (SSSR count). The van der Waals surface area contributed by atoms with Crippen molar-refractivity contribution in [2.24, 2.45) is 0 Å². The molecule has 2 N–H and O–H groups in total. The van der Waals surface area contributed by atoms with Gasteiger partial charge in [-0.1, -0.05) is 18.5 Å². The Bertz CT molecular complexity index is 537. The number of hydrogen-bond acceptors (Lipinski definition) is 4. The van der Waals surface area contributed by atoms with Crippen molar-refractivity contribution in [1.29, 1.82) is 0 Å². The predicted molar refractivity (Wildman–Crippen MR) is 71.6 cm³/mol. The summed E-state index contributed by atoms with van der Waals surface area (Å²) >= 11 is 5.97. The van der Waals surface area contributed by atoms with Crippen molar-refractivity contribution in [3.8, 4) is 0 Å². The fourth-order valence-corrected chi connectivity index (χ4v) is 1.85. The van der Waals surface area contributed by atoms with E-state index < -0.39 is 5.60 Å². The third-order valence-electron chi connectivity index (χ3n) is 3.01. The largest absolute Gasteiger partial charge is 0.460 e. The fraction of sp³-hybridized carbons (Fsp3) is 0.462. The highest BCUT2D eigenvalue weighted by atomic mass is 35.5. The maximum atomic E-state index is 9.86. The second-order valence-electron chi connectivity index (χ2n) is 4.68. The van der Waals surface area contributed by atoms with Gasteiger partial charge in [0.15, 0.2) is 0 Å². The van der Waals surface area contributed by atoms with Gasteiger partial charge >= 0.3 is 0 Å². The second kappa shape index (κ2) is 5.26. The Morgan fingerprint density at radius 1 is 1.56 bits per heavy atom. The summed E-state index contributed by atoms with van der Waals surface area (Å²) in [6.07, 6.45) is 2.32. The van der Waals surface area contributed by atoms with Crippen LogP contribution in [-0.2, 0) is 6.54 Å². The molecule has 0 unspecified atom stereocenters. The molecule has 0 saturated heterocycles. The lowest BCUT2D eigenvalue weighted by atomic mass is 10.0. The minimum Gasteiger partial charge on any atom is -0.460 e. The molecule has 0 aliphatic carbocycles. The van der Waals surface area contributed by atoms with Crippen LogP contribution in [0.5, 0.6) is 0 Å². The van der Waals surface area contributed by atoms with Crippen LogP contribution in [0.4, 0.5) is 0 Å². The van der Waals surface area contributed by atoms with E-state index >= 15 is 0 Å². The van der Waals surface area contributed by atoms with Gasteiger partial charge in [-0.15, -0.1) is 0 Å². The molecule has 0 amide bonds. The van der Waals surface area contributed by atoms with Gasteiger partial charge in [-0.2, -0.15) is 0 Å². The molecule has 2 heterocycles. The van der Waals surface area contributed by atoms with Gasteiger partial charge in [-0.3, -0.25) is 0 Å². The van der Waals surface area contributed by atoms with Gasteiger partial charge in [0.2, 0.25) is 0 Å². The topological polar surface area (TPSA) is 58.3 Å². The van der Waals surface area contributed by atoms with E-state index in [1.165, 1.54) is 0 Å². The number of hydrogen-bond donors (Lipinski definition) is 2. The fourth-order valence-electron chi connectivity index (χ4n) is 1.65. The number of aromatic nitrogens is 1. The number of aliphatic hydroxyl groups is 1. The average Bonchev–Trinajstić information content (AvgIpc) is 2.73. The first-order valence-corrected chi connectivity index (χ1v) is 6.35. The molecule has 0 fully saturated rings. The summed E-state index contributed by atoms with van der Waals surface area (Å²) in [7, 11) is 0. The quantitative estimate of drug-likeness (QED) is 0.819. The third kappa shape index (κ3) is 3.02. The molecule has 2 aromatic heterocycles. The highest BCUT2D eigenvalue weighted by Crippen LogP contribution is 2.24. The standard InChI is InChI=1S/C13H17ClN2O2/c1-3-13(2,17)8-15-7-9-6-10-11(18-9)4-5-16-12(10)14/h4-6,15,17H,3,7-8H2,1-2H3/t13-/m1/s1. The summed E-state index contributed by atoms with van der Waals surface area (Å²) in [5.41, 5.74) is 0.0413. The Hall–Kier alpha value is -1.10. The van der Waals surface area contributed by atoms with E-state index in [0.29, 0.717) is 24.7 Å². The summed E-state index contributed by atoms with van der Waals surface area (Å²) < 4.78 is 5.63. The highest BCUT2D eigenvalue weighted by molar-refractivity contribution is 6.34. The molecular formula is C13H17ClN2O2. The van der Waals surface area contributed by atoms with Gasteiger partial charge in [0, 0.05) is 12.7 Å². The number of rotatable bonds is 5. The summed E-state index contributed by atoms with van der Waals surface area (Å²) in [5.74, 6) is 0.784. The Morgan fingerprint density at radius 2 is 2.33 bits per heavy atom. The van der Waals surface area contributed by atoms with E-state index in [2.05, 4.69) is 10.3 Å². The van der Waals surface area contributed by atoms with Crippen LogP contribution >= 0.6 is 11.6 Å². The van der Waals surface area contributed by atoms with Crippen molar-refractivity contribution in [1.82, 2.24) is 10.3 Å². The van der Waals surface area contributed by atoms with E-state index in [-0.39, 0.29) is 0 Å². The van der Waals surface area contributed by atoms with Gasteiger partial charge in [-0.05, 0) is 25.5 Å². The lowest BCUT2D eigenvalue weighted by molar-refractivity contribution is 0.0552. The van der Waals surface area contributed by atoms with Crippen molar-refractivity contribution < 1.29 is 9.52 Å². The summed E-state index contributed by atoms with van der Waals surface area (Å²) in [6, 6.07) is 3.66. The zero-order valence-corrected chi connectivity index (χ0v) is 11.3. The number of nitrogens with zero attached hydrogens (tertiary/aromatic N) is 1. The van der Waals surface area contributed by atoms with Crippen molar-refractivity contribution >= 4 is 22.6 Å². The Morgan fingerprint density at radius 3 is 3.00 bits per heavy atom. The van der Waals surface area contributed by atoms with Crippen LogP contribution in [0.15, 0.2) is 22.7 Å². The molecule has 0 saturated carbocycles. The summed E-state index contributed by atoms with van der Waals surface area (Å²) in [4.78, 5) is 4.00. The van der Waals surface area contributed by atoms with Crippen LogP contribution in [0.3, 0.4) is 0 Å². The monoisotopic (exact) mass is 268 g/mol. The van der Waals surface area contributed by atoms with E-state index in [1.807, 2.05) is 13.0 Å². The SMILES string of the molecule is CC[C@@](C)(O)CNCc1cc2c(Cl)nccc2o1. The van der Waals surface area contributed by atoms with Gasteiger partial charge in [-0.25, -0.2) is 4.98 Å². The number of fused-ring (bicyclic) bond motifs is 1. The first kappa shape index (κ1) is 13.3. The first-order valence-electron chi connectivity index (χ1n) is 5.98. The Balaban J connectivity index is 2.02. The highest BCUT2D eigenvalue weighted by Gasteiger charge is 2.16. The van der Waals surface area contributed by atoms with Gasteiger partial charge < -0.3 is 14.8 Å². The minimum absolute atomic E-state index is 0.447. The van der Waals surface area contributed by atoms with Crippen molar-refractivity contribution in [3.05, 3.63) is 29.2 Å². The average molecular weight is 269 g/mol. The van der Waals surface area contributed by atoms with Crippen molar-refractivity contribution in [2.45, 2.75) is 32.4 Å². The minimum atomic E-state index is -0.689. The van der Waals surface area contributed by atoms with Crippen LogP contribution < -0.4 is 5.32 Å². The zero-order valence-electron chi connectivity index (χ0n) is 10.5. The smallest absolute Gasteiger partial charge is 0.140 e. The predicted octanol–water partition coefficient (Wildman–Crippen LogP) is 2.73. The number of nitrogens with one attached hydrogen (secondary N) is 1. The molecular weight excluding hydrogens is 252 g/mol. The van der Waals surface area contributed by atoms with Crippen LogP contribution in [0.25, 0.3) is 11.0 Å². The molecule has 0 aliphatic heterocycles. The molecule has 0 radical (unpaired) electrons. The van der Waals surface area contributed by atoms with Gasteiger partial charge in [0.05, 0.1) is 17.5 Å². The van der Waals surface area contributed by atoms with Crippen LogP contribution in [0.1, 0.15) is 26.0 Å². The molecule has 2 aromatic rings. The van der Waals surface area contributed by atoms with Crippen LogP contribution in [0, 0.1) is 0 Å². The lowest BCUT2D eigenvalue weighted by Gasteiger charge is -2.21. The number of halogens is 1. The molecule has 4 nitrogen and oxygen atoms in total. The molecule has 18 heavy (non-hydrogen) atoms. The summed E-state index contributed by atoms with van der Waals surface area (Å²) in [6.45, 7) is 4.83. The van der Waals surface area contributed by atoms with Crippen LogP contribution in [-0.4, -0.2) is 22.2 Å². The number of furan rings is 1.